The summed E-state index contributed by atoms with van der Waals surface area (Å²) in [5.41, 5.74) is 2.67. The van der Waals surface area contributed by atoms with Crippen LogP contribution in [0.2, 0.25) is 0 Å². The van der Waals surface area contributed by atoms with Crippen molar-refractivity contribution in [2.75, 3.05) is 13.1 Å². The summed E-state index contributed by atoms with van der Waals surface area (Å²) in [4.78, 5) is 12.2. The van der Waals surface area contributed by atoms with E-state index in [1.54, 1.807) is 25.2 Å². The fraction of sp³-hybridized carbons (Fsp3) is 0.421. The minimum Gasteiger partial charge on any atom is -0.489 e. The van der Waals surface area contributed by atoms with Gasteiger partial charge in [-0.3, -0.25) is 4.79 Å². The van der Waals surface area contributed by atoms with Gasteiger partial charge in [0.05, 0.1) is 11.4 Å². The highest BCUT2D eigenvalue weighted by molar-refractivity contribution is 7.89. The van der Waals surface area contributed by atoms with Crippen LogP contribution in [0.5, 0.6) is 5.75 Å². The molecule has 7 heteroatoms. The zero-order valence-corrected chi connectivity index (χ0v) is 16.3. The summed E-state index contributed by atoms with van der Waals surface area (Å²) >= 11 is 0. The van der Waals surface area contributed by atoms with E-state index in [4.69, 9.17) is 4.74 Å². The molecule has 1 saturated heterocycles. The van der Waals surface area contributed by atoms with E-state index < -0.39 is 10.0 Å². The van der Waals surface area contributed by atoms with Gasteiger partial charge in [-0.2, -0.15) is 4.31 Å². The van der Waals surface area contributed by atoms with Crippen molar-refractivity contribution in [2.45, 2.75) is 38.2 Å². The molecular formula is C19H24N2O4S. The Balaban J connectivity index is 1.75. The number of rotatable bonds is 4. The number of benzene rings is 1. The van der Waals surface area contributed by atoms with Crippen LogP contribution < -0.4 is 10.3 Å². The van der Waals surface area contributed by atoms with Gasteiger partial charge in [0, 0.05) is 25.4 Å². The van der Waals surface area contributed by atoms with E-state index in [9.17, 15) is 13.2 Å². The molecule has 26 heavy (non-hydrogen) atoms. The van der Waals surface area contributed by atoms with Gasteiger partial charge in [0.1, 0.15) is 11.9 Å². The first-order chi connectivity index (χ1) is 12.2. The first-order valence-corrected chi connectivity index (χ1v) is 10.0. The largest absolute Gasteiger partial charge is 0.489 e. The average Bonchev–Trinajstić information content (AvgIpc) is 3.04. The highest BCUT2D eigenvalue weighted by Gasteiger charge is 2.33. The summed E-state index contributed by atoms with van der Waals surface area (Å²) < 4.78 is 34.6. The molecule has 1 atom stereocenters. The Morgan fingerprint density at radius 1 is 1.08 bits per heavy atom. The van der Waals surface area contributed by atoms with E-state index in [-0.39, 0.29) is 18.2 Å². The first kappa shape index (κ1) is 18.7. The molecule has 2 heterocycles. The summed E-state index contributed by atoms with van der Waals surface area (Å²) in [5, 5.41) is 0. The van der Waals surface area contributed by atoms with Crippen LogP contribution in [0.15, 0.2) is 40.0 Å². The Bertz CT molecular complexity index is 995. The van der Waals surface area contributed by atoms with E-state index in [2.05, 4.69) is 0 Å². The molecule has 1 aromatic heterocycles. The van der Waals surface area contributed by atoms with Crippen LogP contribution >= 0.6 is 0 Å². The van der Waals surface area contributed by atoms with Gasteiger partial charge >= 0.3 is 0 Å². The third-order valence-electron chi connectivity index (χ3n) is 5.00. The van der Waals surface area contributed by atoms with Crippen molar-refractivity contribution in [3.8, 4) is 5.75 Å². The van der Waals surface area contributed by atoms with Gasteiger partial charge in [0.25, 0.3) is 5.56 Å². The Labute approximate surface area is 154 Å². The predicted octanol–water partition coefficient (Wildman–Crippen LogP) is 2.15. The topological polar surface area (TPSA) is 68.6 Å². The van der Waals surface area contributed by atoms with Gasteiger partial charge in [-0.15, -0.1) is 0 Å². The molecule has 1 aliphatic rings. The fourth-order valence-corrected chi connectivity index (χ4v) is 4.60. The van der Waals surface area contributed by atoms with Gasteiger partial charge in [0.2, 0.25) is 10.0 Å². The highest BCUT2D eigenvalue weighted by atomic mass is 32.2. The molecule has 1 fully saturated rings. The normalized spacial score (nSPS) is 18.2. The van der Waals surface area contributed by atoms with Gasteiger partial charge in [-0.05, 0) is 56.5 Å². The number of aryl methyl sites for hydroxylation is 3. The van der Waals surface area contributed by atoms with Crippen LogP contribution in [0.25, 0.3) is 0 Å². The van der Waals surface area contributed by atoms with Crippen LogP contribution in [-0.2, 0) is 17.1 Å². The van der Waals surface area contributed by atoms with Crippen molar-refractivity contribution in [1.82, 2.24) is 8.87 Å². The summed E-state index contributed by atoms with van der Waals surface area (Å²) in [6.45, 7) is 6.38. The average molecular weight is 376 g/mol. The number of hydrogen-bond acceptors (Lipinski definition) is 4. The van der Waals surface area contributed by atoms with E-state index in [1.807, 2.05) is 26.8 Å². The third-order valence-corrected chi connectivity index (χ3v) is 6.86. The Morgan fingerprint density at radius 3 is 2.46 bits per heavy atom. The highest BCUT2D eigenvalue weighted by Crippen LogP contribution is 2.25. The Hall–Kier alpha value is -2.12. The second kappa shape index (κ2) is 6.89. The van der Waals surface area contributed by atoms with Crippen LogP contribution in [0, 0.1) is 20.8 Å². The van der Waals surface area contributed by atoms with Gasteiger partial charge in [-0.1, -0.05) is 6.07 Å². The summed E-state index contributed by atoms with van der Waals surface area (Å²) in [7, 11) is -1.84. The molecule has 0 amide bonds. The number of nitrogens with zero attached hydrogens (tertiary/aromatic N) is 2. The van der Waals surface area contributed by atoms with Gasteiger partial charge < -0.3 is 9.30 Å². The predicted molar refractivity (Wildman–Crippen MR) is 100 cm³/mol. The van der Waals surface area contributed by atoms with Crippen molar-refractivity contribution in [3.63, 3.8) is 0 Å². The van der Waals surface area contributed by atoms with Crippen LogP contribution in [-0.4, -0.2) is 36.5 Å². The molecule has 1 unspecified atom stereocenters. The molecule has 1 aromatic carbocycles. The van der Waals surface area contributed by atoms with Crippen LogP contribution in [0.4, 0.5) is 0 Å². The number of aromatic nitrogens is 1. The minimum atomic E-state index is -3.54. The molecule has 140 valence electrons. The van der Waals surface area contributed by atoms with Gasteiger partial charge in [0.15, 0.2) is 0 Å². The number of hydrogen-bond donors (Lipinski definition) is 0. The molecule has 0 radical (unpaired) electrons. The molecule has 0 N–H and O–H groups in total. The van der Waals surface area contributed by atoms with E-state index >= 15 is 0 Å². The van der Waals surface area contributed by atoms with E-state index in [1.165, 1.54) is 14.9 Å². The SMILES string of the molecule is Cc1ccc(S(=O)(=O)N2CCC(Oc3cc(C)n(C)c(=O)c3)C2)cc1C. The van der Waals surface area contributed by atoms with Crippen molar-refractivity contribution in [3.05, 3.63) is 57.5 Å². The van der Waals surface area contributed by atoms with Gasteiger partial charge in [-0.25, -0.2) is 8.42 Å². The number of pyridine rings is 1. The second-order valence-electron chi connectivity index (χ2n) is 6.87. The lowest BCUT2D eigenvalue weighted by Crippen LogP contribution is -2.31. The zero-order valence-electron chi connectivity index (χ0n) is 15.5. The molecular weight excluding hydrogens is 352 g/mol. The second-order valence-corrected chi connectivity index (χ2v) is 8.81. The monoisotopic (exact) mass is 376 g/mol. The molecule has 1 aliphatic heterocycles. The maximum absolute atomic E-state index is 12.9. The molecule has 2 aromatic rings. The molecule has 3 rings (SSSR count). The molecule has 0 bridgehead atoms. The summed E-state index contributed by atoms with van der Waals surface area (Å²) in [5.74, 6) is 0.487. The lowest BCUT2D eigenvalue weighted by molar-refractivity contribution is 0.214. The summed E-state index contributed by atoms with van der Waals surface area (Å²) in [6, 6.07) is 8.42. The maximum atomic E-state index is 12.9. The number of sulfonamides is 1. The maximum Gasteiger partial charge on any atom is 0.254 e. The first-order valence-electron chi connectivity index (χ1n) is 8.60. The quantitative estimate of drug-likeness (QED) is 0.820. The fourth-order valence-electron chi connectivity index (χ4n) is 3.03. The third kappa shape index (κ3) is 3.54. The van der Waals surface area contributed by atoms with Crippen LogP contribution in [0.1, 0.15) is 23.2 Å². The van der Waals surface area contributed by atoms with E-state index in [0.717, 1.165) is 16.8 Å². The van der Waals surface area contributed by atoms with Crippen molar-refractivity contribution >= 4 is 10.0 Å². The zero-order chi connectivity index (χ0) is 19.1. The number of ether oxygens (including phenoxy) is 1. The van der Waals surface area contributed by atoms with Crippen molar-refractivity contribution in [1.29, 1.82) is 0 Å². The van der Waals surface area contributed by atoms with Crippen molar-refractivity contribution in [2.24, 2.45) is 7.05 Å². The molecule has 6 nitrogen and oxygen atoms in total. The Morgan fingerprint density at radius 2 is 1.81 bits per heavy atom. The standard InChI is InChI=1S/C19H24N2O4S/c1-13-5-6-18(9-14(13)2)26(23,24)21-8-7-16(12-21)25-17-10-15(3)20(4)19(22)11-17/h5-6,9-11,16H,7-8,12H2,1-4H3. The lowest BCUT2D eigenvalue weighted by Gasteiger charge is -2.18. The summed E-state index contributed by atoms with van der Waals surface area (Å²) in [6.07, 6.45) is 0.334. The van der Waals surface area contributed by atoms with Crippen molar-refractivity contribution < 1.29 is 13.2 Å². The lowest BCUT2D eigenvalue weighted by atomic mass is 10.1. The molecule has 0 spiro atoms. The smallest absolute Gasteiger partial charge is 0.254 e. The molecule has 0 saturated carbocycles. The molecule has 0 aliphatic carbocycles. The van der Waals surface area contributed by atoms with E-state index in [0.29, 0.717) is 23.6 Å². The minimum absolute atomic E-state index is 0.141. The van der Waals surface area contributed by atoms with Crippen LogP contribution in [0.3, 0.4) is 0 Å². The Kier molecular flexibility index (Phi) is 4.94.